The van der Waals surface area contributed by atoms with Gasteiger partial charge in [0.05, 0.1) is 0 Å². The van der Waals surface area contributed by atoms with Crippen LogP contribution >= 0.6 is 10.7 Å². The van der Waals surface area contributed by atoms with Crippen LogP contribution in [-0.4, -0.2) is 41.9 Å². The second-order valence-corrected chi connectivity index (χ2v) is 8.11. The van der Waals surface area contributed by atoms with Gasteiger partial charge < -0.3 is 9.47 Å². The maximum atomic E-state index is 12.3. The minimum atomic E-state index is -3.88. The minimum absolute atomic E-state index is 0.00585. The van der Waals surface area contributed by atoms with Crippen molar-refractivity contribution in [2.75, 3.05) is 13.1 Å². The van der Waals surface area contributed by atoms with Gasteiger partial charge in [0.1, 0.15) is 12.4 Å². The summed E-state index contributed by atoms with van der Waals surface area (Å²) in [5, 5.41) is -0.195. The Labute approximate surface area is 129 Å². The highest BCUT2D eigenvalue weighted by molar-refractivity contribution is 8.13. The van der Waals surface area contributed by atoms with Gasteiger partial charge in [-0.1, -0.05) is 13.8 Å². The summed E-state index contributed by atoms with van der Waals surface area (Å²) in [5.41, 5.74) is 0. The average molecular weight is 334 g/mol. The molecular formula is C13H20ClN3O3S. The fraction of sp³-hybridized carbons (Fsp3) is 0.692. The molecule has 1 aromatic rings. The van der Waals surface area contributed by atoms with E-state index >= 15 is 0 Å². The first-order valence-electron chi connectivity index (χ1n) is 7.08. The first-order chi connectivity index (χ1) is 9.79. The number of rotatable bonds is 4. The number of imidazole rings is 1. The summed E-state index contributed by atoms with van der Waals surface area (Å²) in [6.07, 6.45) is 4.54. The van der Waals surface area contributed by atoms with Crippen LogP contribution in [0.25, 0.3) is 0 Å². The molecule has 1 aliphatic heterocycles. The maximum absolute atomic E-state index is 12.3. The summed E-state index contributed by atoms with van der Waals surface area (Å²) in [6.45, 7) is 5.44. The molecule has 2 heterocycles. The topological polar surface area (TPSA) is 72.3 Å². The predicted octanol–water partition coefficient (Wildman–Crippen LogP) is 1.95. The molecule has 21 heavy (non-hydrogen) atoms. The van der Waals surface area contributed by atoms with E-state index in [2.05, 4.69) is 4.98 Å². The molecule has 0 saturated carbocycles. The van der Waals surface area contributed by atoms with E-state index in [1.807, 2.05) is 18.7 Å². The molecule has 0 unspecified atom stereocenters. The van der Waals surface area contributed by atoms with Gasteiger partial charge in [-0.3, -0.25) is 4.79 Å². The number of likely N-dealkylation sites (tertiary alicyclic amines) is 1. The van der Waals surface area contributed by atoms with E-state index in [0.29, 0.717) is 5.82 Å². The number of carbonyl (C=O) groups excluding carboxylic acids is 1. The van der Waals surface area contributed by atoms with Gasteiger partial charge in [0, 0.05) is 35.9 Å². The number of hydrogen-bond donors (Lipinski definition) is 0. The molecule has 8 heteroatoms. The normalized spacial score (nSPS) is 16.5. The largest absolute Gasteiger partial charge is 0.341 e. The molecule has 1 saturated heterocycles. The molecule has 0 atom stereocenters. The highest BCUT2D eigenvalue weighted by atomic mass is 35.7. The van der Waals surface area contributed by atoms with Gasteiger partial charge in [0.2, 0.25) is 5.91 Å². The van der Waals surface area contributed by atoms with Crippen molar-refractivity contribution in [1.82, 2.24) is 14.5 Å². The molecule has 1 aromatic heterocycles. The average Bonchev–Trinajstić information content (AvgIpc) is 2.84. The van der Waals surface area contributed by atoms with Crippen LogP contribution in [0.3, 0.4) is 0 Å². The monoisotopic (exact) mass is 333 g/mol. The molecule has 0 aromatic carbocycles. The lowest BCUT2D eigenvalue weighted by Gasteiger charge is -2.27. The Hall–Kier alpha value is -1.08. The van der Waals surface area contributed by atoms with E-state index in [-0.39, 0.29) is 23.4 Å². The molecule has 1 aliphatic rings. The number of carbonyl (C=O) groups is 1. The van der Waals surface area contributed by atoms with Crippen molar-refractivity contribution in [3.8, 4) is 0 Å². The summed E-state index contributed by atoms with van der Waals surface area (Å²) in [4.78, 5) is 18.2. The SMILES string of the molecule is CC(C)c1nc(S(=O)(=O)Cl)cn1CC(=O)N1CCCCC1. The van der Waals surface area contributed by atoms with Crippen LogP contribution in [0, 0.1) is 0 Å². The van der Waals surface area contributed by atoms with Crippen LogP contribution in [0.15, 0.2) is 11.2 Å². The maximum Gasteiger partial charge on any atom is 0.280 e. The molecule has 6 nitrogen and oxygen atoms in total. The van der Waals surface area contributed by atoms with E-state index < -0.39 is 9.05 Å². The van der Waals surface area contributed by atoms with Crippen molar-refractivity contribution < 1.29 is 13.2 Å². The van der Waals surface area contributed by atoms with E-state index in [1.54, 1.807) is 4.57 Å². The minimum Gasteiger partial charge on any atom is -0.341 e. The lowest BCUT2D eigenvalue weighted by atomic mass is 10.1. The number of halogens is 1. The predicted molar refractivity (Wildman–Crippen MR) is 79.8 cm³/mol. The molecule has 1 amide bonds. The molecule has 118 valence electrons. The quantitative estimate of drug-likeness (QED) is 0.789. The summed E-state index contributed by atoms with van der Waals surface area (Å²) >= 11 is 0. The number of hydrogen-bond acceptors (Lipinski definition) is 4. The highest BCUT2D eigenvalue weighted by Crippen LogP contribution is 2.20. The first-order valence-corrected chi connectivity index (χ1v) is 9.39. The van der Waals surface area contributed by atoms with Gasteiger partial charge >= 0.3 is 0 Å². The third-order valence-electron chi connectivity index (χ3n) is 3.57. The fourth-order valence-corrected chi connectivity index (χ4v) is 3.18. The Morgan fingerprint density at radius 3 is 2.48 bits per heavy atom. The molecule has 1 fully saturated rings. The summed E-state index contributed by atoms with van der Waals surface area (Å²) in [6, 6.07) is 0. The van der Waals surface area contributed by atoms with Gasteiger partial charge in [-0.2, -0.15) is 0 Å². The van der Waals surface area contributed by atoms with Crippen molar-refractivity contribution in [1.29, 1.82) is 0 Å². The van der Waals surface area contributed by atoms with Crippen molar-refractivity contribution >= 4 is 25.6 Å². The second kappa shape index (κ2) is 6.36. The van der Waals surface area contributed by atoms with Crippen LogP contribution < -0.4 is 0 Å². The van der Waals surface area contributed by atoms with Crippen molar-refractivity contribution in [3.63, 3.8) is 0 Å². The number of piperidine rings is 1. The zero-order valence-electron chi connectivity index (χ0n) is 12.2. The third-order valence-corrected chi connectivity index (χ3v) is 4.74. The van der Waals surface area contributed by atoms with Crippen LogP contribution in [-0.2, 0) is 20.4 Å². The zero-order chi connectivity index (χ0) is 15.6. The summed E-state index contributed by atoms with van der Waals surface area (Å²) in [5.74, 6) is 0.554. The third kappa shape index (κ3) is 3.97. The van der Waals surface area contributed by atoms with Crippen molar-refractivity contribution in [2.24, 2.45) is 0 Å². The van der Waals surface area contributed by atoms with E-state index in [1.165, 1.54) is 6.20 Å². The molecular weight excluding hydrogens is 314 g/mol. The molecule has 0 aliphatic carbocycles. The van der Waals surface area contributed by atoms with Crippen LogP contribution in [0.2, 0.25) is 0 Å². The Kier molecular flexibility index (Phi) is 4.93. The van der Waals surface area contributed by atoms with Crippen molar-refractivity contribution in [3.05, 3.63) is 12.0 Å². The lowest BCUT2D eigenvalue weighted by Crippen LogP contribution is -2.38. The highest BCUT2D eigenvalue weighted by Gasteiger charge is 2.23. The molecule has 2 rings (SSSR count). The number of aromatic nitrogens is 2. The number of nitrogens with zero attached hydrogens (tertiary/aromatic N) is 3. The van der Waals surface area contributed by atoms with Crippen molar-refractivity contribution in [2.45, 2.75) is 50.6 Å². The molecule has 0 bridgehead atoms. The molecule has 0 spiro atoms. The summed E-state index contributed by atoms with van der Waals surface area (Å²) in [7, 11) is 1.45. The first kappa shape index (κ1) is 16.3. The standard InChI is InChI=1S/C13H20ClN3O3S/c1-10(2)13-15-11(21(14,19)20)8-17(13)9-12(18)16-6-4-3-5-7-16/h8,10H,3-7,9H2,1-2H3. The Morgan fingerprint density at radius 2 is 1.95 bits per heavy atom. The zero-order valence-corrected chi connectivity index (χ0v) is 13.8. The fourth-order valence-electron chi connectivity index (χ4n) is 2.50. The smallest absolute Gasteiger partial charge is 0.280 e. The second-order valence-electron chi connectivity index (χ2n) is 5.60. The van der Waals surface area contributed by atoms with Crippen LogP contribution in [0.1, 0.15) is 44.9 Å². The van der Waals surface area contributed by atoms with Gasteiger partial charge in [0.25, 0.3) is 9.05 Å². The summed E-state index contributed by atoms with van der Waals surface area (Å²) < 4.78 is 24.4. The lowest BCUT2D eigenvalue weighted by molar-refractivity contribution is -0.132. The van der Waals surface area contributed by atoms with E-state index in [9.17, 15) is 13.2 Å². The van der Waals surface area contributed by atoms with Gasteiger partial charge in [-0.15, -0.1) is 0 Å². The van der Waals surface area contributed by atoms with Crippen LogP contribution in [0.5, 0.6) is 0 Å². The Morgan fingerprint density at radius 1 is 1.33 bits per heavy atom. The van der Waals surface area contributed by atoms with Gasteiger partial charge in [-0.25, -0.2) is 13.4 Å². The van der Waals surface area contributed by atoms with E-state index in [0.717, 1.165) is 32.4 Å². The molecule has 0 N–H and O–H groups in total. The van der Waals surface area contributed by atoms with Gasteiger partial charge in [-0.05, 0) is 19.3 Å². The van der Waals surface area contributed by atoms with Gasteiger partial charge in [0.15, 0.2) is 5.03 Å². The van der Waals surface area contributed by atoms with E-state index in [4.69, 9.17) is 10.7 Å². The van der Waals surface area contributed by atoms with Crippen LogP contribution in [0.4, 0.5) is 0 Å². The molecule has 0 radical (unpaired) electrons. The number of amides is 1. The Balaban J connectivity index is 2.22. The Bertz CT molecular complexity index is 619.